The SMILES string of the molecule is COC1(CCNc2cnc(C(=O)O)cn2)CCC1. The van der Waals surface area contributed by atoms with E-state index in [1.165, 1.54) is 18.8 Å². The number of hydrogen-bond acceptors (Lipinski definition) is 5. The van der Waals surface area contributed by atoms with Crippen LogP contribution >= 0.6 is 0 Å². The summed E-state index contributed by atoms with van der Waals surface area (Å²) in [5, 5.41) is 11.8. The summed E-state index contributed by atoms with van der Waals surface area (Å²) in [6.45, 7) is 0.745. The van der Waals surface area contributed by atoms with E-state index in [1.807, 2.05) is 0 Å². The van der Waals surface area contributed by atoms with Crippen LogP contribution in [0.5, 0.6) is 0 Å². The molecule has 18 heavy (non-hydrogen) atoms. The largest absolute Gasteiger partial charge is 0.476 e. The van der Waals surface area contributed by atoms with Gasteiger partial charge in [0.2, 0.25) is 0 Å². The van der Waals surface area contributed by atoms with Crippen LogP contribution in [0.4, 0.5) is 5.82 Å². The van der Waals surface area contributed by atoms with Crippen molar-refractivity contribution in [1.82, 2.24) is 9.97 Å². The molecular weight excluding hydrogens is 234 g/mol. The minimum Gasteiger partial charge on any atom is -0.476 e. The number of anilines is 1. The fourth-order valence-electron chi connectivity index (χ4n) is 2.08. The predicted molar refractivity (Wildman–Crippen MR) is 65.7 cm³/mol. The van der Waals surface area contributed by atoms with Crippen molar-refractivity contribution in [3.63, 3.8) is 0 Å². The summed E-state index contributed by atoms with van der Waals surface area (Å²) in [5.74, 6) is -0.479. The molecule has 1 saturated carbocycles. The molecule has 1 fully saturated rings. The van der Waals surface area contributed by atoms with Gasteiger partial charge in [0.1, 0.15) is 5.82 Å². The Hall–Kier alpha value is -1.69. The lowest BCUT2D eigenvalue weighted by molar-refractivity contribution is -0.0748. The zero-order valence-corrected chi connectivity index (χ0v) is 10.3. The van der Waals surface area contributed by atoms with Gasteiger partial charge in [-0.15, -0.1) is 0 Å². The van der Waals surface area contributed by atoms with Crippen LogP contribution in [-0.2, 0) is 4.74 Å². The molecule has 0 spiro atoms. The second kappa shape index (κ2) is 5.30. The number of nitrogens with zero attached hydrogens (tertiary/aromatic N) is 2. The molecule has 0 atom stereocenters. The monoisotopic (exact) mass is 251 g/mol. The Morgan fingerprint density at radius 3 is 2.72 bits per heavy atom. The third-order valence-corrected chi connectivity index (χ3v) is 3.46. The summed E-state index contributed by atoms with van der Waals surface area (Å²) >= 11 is 0. The van der Waals surface area contributed by atoms with Gasteiger partial charge in [-0.1, -0.05) is 0 Å². The van der Waals surface area contributed by atoms with E-state index < -0.39 is 5.97 Å². The highest BCUT2D eigenvalue weighted by Crippen LogP contribution is 2.37. The van der Waals surface area contributed by atoms with Crippen LogP contribution in [0.25, 0.3) is 0 Å². The number of methoxy groups -OCH3 is 1. The highest BCUT2D eigenvalue weighted by atomic mass is 16.5. The first kappa shape index (κ1) is 12.8. The zero-order valence-electron chi connectivity index (χ0n) is 10.3. The molecule has 1 aliphatic carbocycles. The number of aromatic nitrogens is 2. The molecular formula is C12H17N3O3. The van der Waals surface area contributed by atoms with Gasteiger partial charge in [0, 0.05) is 13.7 Å². The Balaban J connectivity index is 1.81. The van der Waals surface area contributed by atoms with Crippen LogP contribution in [0.3, 0.4) is 0 Å². The van der Waals surface area contributed by atoms with Crippen molar-refractivity contribution < 1.29 is 14.6 Å². The van der Waals surface area contributed by atoms with Crippen LogP contribution in [-0.4, -0.2) is 40.3 Å². The molecule has 0 aromatic carbocycles. The normalized spacial score (nSPS) is 16.9. The van der Waals surface area contributed by atoms with E-state index in [4.69, 9.17) is 9.84 Å². The highest BCUT2D eigenvalue weighted by Gasteiger charge is 2.36. The van der Waals surface area contributed by atoms with E-state index in [1.54, 1.807) is 7.11 Å². The Morgan fingerprint density at radius 2 is 2.28 bits per heavy atom. The molecule has 6 heteroatoms. The van der Waals surface area contributed by atoms with E-state index >= 15 is 0 Å². The van der Waals surface area contributed by atoms with Gasteiger partial charge in [0.15, 0.2) is 5.69 Å². The van der Waals surface area contributed by atoms with Crippen LogP contribution in [0.2, 0.25) is 0 Å². The maximum Gasteiger partial charge on any atom is 0.356 e. The Kier molecular flexibility index (Phi) is 3.76. The van der Waals surface area contributed by atoms with Crippen molar-refractivity contribution in [3.8, 4) is 0 Å². The van der Waals surface area contributed by atoms with Gasteiger partial charge in [-0.05, 0) is 25.7 Å². The summed E-state index contributed by atoms with van der Waals surface area (Å²) < 4.78 is 5.51. The number of carboxylic acid groups (broad SMARTS) is 1. The Bertz CT molecular complexity index is 410. The number of rotatable bonds is 6. The van der Waals surface area contributed by atoms with Gasteiger partial charge < -0.3 is 15.2 Å². The van der Waals surface area contributed by atoms with E-state index in [0.717, 1.165) is 25.8 Å². The first-order valence-corrected chi connectivity index (χ1v) is 6.00. The van der Waals surface area contributed by atoms with Crippen molar-refractivity contribution in [2.75, 3.05) is 19.0 Å². The standard InChI is InChI=1S/C12H17N3O3/c1-18-12(3-2-4-12)5-6-13-10-8-14-9(7-15-10)11(16)17/h7-8H,2-6H2,1H3,(H,13,15)(H,16,17). The first-order valence-electron chi connectivity index (χ1n) is 6.00. The fraction of sp³-hybridized carbons (Fsp3) is 0.583. The molecule has 98 valence electrons. The maximum atomic E-state index is 10.6. The lowest BCUT2D eigenvalue weighted by Gasteiger charge is -2.40. The average molecular weight is 251 g/mol. The molecule has 1 aromatic rings. The Morgan fingerprint density at radius 1 is 1.50 bits per heavy atom. The molecule has 2 rings (SSSR count). The number of carboxylic acids is 1. The number of ether oxygens (including phenoxy) is 1. The van der Waals surface area contributed by atoms with E-state index in [-0.39, 0.29) is 11.3 Å². The van der Waals surface area contributed by atoms with Crippen molar-refractivity contribution >= 4 is 11.8 Å². The van der Waals surface area contributed by atoms with Gasteiger partial charge in [-0.2, -0.15) is 0 Å². The maximum absolute atomic E-state index is 10.6. The fourth-order valence-corrected chi connectivity index (χ4v) is 2.08. The Labute approximate surface area is 105 Å². The summed E-state index contributed by atoms with van der Waals surface area (Å²) in [4.78, 5) is 18.4. The topological polar surface area (TPSA) is 84.3 Å². The molecule has 0 bridgehead atoms. The van der Waals surface area contributed by atoms with Crippen LogP contribution in [0.1, 0.15) is 36.2 Å². The second-order valence-electron chi connectivity index (χ2n) is 4.51. The minimum atomic E-state index is -1.07. The van der Waals surface area contributed by atoms with Gasteiger partial charge in [-0.25, -0.2) is 14.8 Å². The average Bonchev–Trinajstić information content (AvgIpc) is 2.33. The third kappa shape index (κ3) is 2.76. The number of aromatic carboxylic acids is 1. The van der Waals surface area contributed by atoms with E-state index in [0.29, 0.717) is 5.82 Å². The summed E-state index contributed by atoms with van der Waals surface area (Å²) in [5.41, 5.74) is -0.0190. The van der Waals surface area contributed by atoms with Gasteiger partial charge in [0.25, 0.3) is 0 Å². The summed E-state index contributed by atoms with van der Waals surface area (Å²) in [6, 6.07) is 0. The number of carbonyl (C=O) groups is 1. The molecule has 0 aliphatic heterocycles. The summed E-state index contributed by atoms with van der Waals surface area (Å²) in [7, 11) is 1.75. The van der Waals surface area contributed by atoms with Gasteiger partial charge in [0.05, 0.1) is 18.0 Å². The molecule has 0 radical (unpaired) electrons. The third-order valence-electron chi connectivity index (χ3n) is 3.46. The lowest BCUT2D eigenvalue weighted by atomic mass is 9.77. The molecule has 1 aromatic heterocycles. The van der Waals surface area contributed by atoms with E-state index in [9.17, 15) is 4.79 Å². The van der Waals surface area contributed by atoms with Crippen LogP contribution in [0, 0.1) is 0 Å². The van der Waals surface area contributed by atoms with Crippen LogP contribution < -0.4 is 5.32 Å². The molecule has 1 aliphatic rings. The first-order chi connectivity index (χ1) is 8.65. The second-order valence-corrected chi connectivity index (χ2v) is 4.51. The smallest absolute Gasteiger partial charge is 0.356 e. The minimum absolute atomic E-state index is 0.0292. The van der Waals surface area contributed by atoms with Crippen molar-refractivity contribution in [1.29, 1.82) is 0 Å². The lowest BCUT2D eigenvalue weighted by Crippen LogP contribution is -2.40. The number of nitrogens with one attached hydrogen (secondary N) is 1. The predicted octanol–water partition coefficient (Wildman–Crippen LogP) is 1.55. The van der Waals surface area contributed by atoms with Crippen LogP contribution in [0.15, 0.2) is 12.4 Å². The highest BCUT2D eigenvalue weighted by molar-refractivity contribution is 5.84. The molecule has 0 saturated heterocycles. The van der Waals surface area contributed by atoms with E-state index in [2.05, 4.69) is 15.3 Å². The number of hydrogen-bond donors (Lipinski definition) is 2. The van der Waals surface area contributed by atoms with Gasteiger partial charge >= 0.3 is 5.97 Å². The van der Waals surface area contributed by atoms with Crippen molar-refractivity contribution in [2.45, 2.75) is 31.3 Å². The zero-order chi connectivity index (χ0) is 13.0. The van der Waals surface area contributed by atoms with Gasteiger partial charge in [-0.3, -0.25) is 0 Å². The van der Waals surface area contributed by atoms with Crippen molar-refractivity contribution in [3.05, 3.63) is 18.1 Å². The molecule has 1 heterocycles. The summed E-state index contributed by atoms with van der Waals surface area (Å²) in [6.07, 6.45) is 7.04. The molecule has 0 amide bonds. The molecule has 2 N–H and O–H groups in total. The quantitative estimate of drug-likeness (QED) is 0.798. The molecule has 6 nitrogen and oxygen atoms in total. The molecule has 0 unspecified atom stereocenters. The van der Waals surface area contributed by atoms with Crippen molar-refractivity contribution in [2.24, 2.45) is 0 Å².